The summed E-state index contributed by atoms with van der Waals surface area (Å²) in [6.07, 6.45) is 1.87. The molecule has 30 heavy (non-hydrogen) atoms. The van der Waals surface area contributed by atoms with Crippen molar-refractivity contribution in [3.63, 3.8) is 0 Å². The van der Waals surface area contributed by atoms with E-state index >= 15 is 0 Å². The summed E-state index contributed by atoms with van der Waals surface area (Å²) < 4.78 is 7.18. The first kappa shape index (κ1) is 20.3. The summed E-state index contributed by atoms with van der Waals surface area (Å²) >= 11 is 2.83. The third kappa shape index (κ3) is 3.53. The molecule has 154 valence electrons. The molecule has 3 heterocycles. The van der Waals surface area contributed by atoms with Crippen LogP contribution in [0.1, 0.15) is 23.4 Å². The molecule has 1 aliphatic rings. The van der Waals surface area contributed by atoms with Crippen molar-refractivity contribution < 1.29 is 9.53 Å². The van der Waals surface area contributed by atoms with E-state index in [0.29, 0.717) is 20.6 Å². The van der Waals surface area contributed by atoms with E-state index in [1.165, 1.54) is 29.8 Å². The van der Waals surface area contributed by atoms with Gasteiger partial charge in [0.05, 0.1) is 22.9 Å². The lowest BCUT2D eigenvalue weighted by Crippen LogP contribution is -2.39. The molecule has 2 aromatic heterocycles. The van der Waals surface area contributed by atoms with Crippen LogP contribution in [0.2, 0.25) is 0 Å². The van der Waals surface area contributed by atoms with Gasteiger partial charge in [-0.15, -0.1) is 11.3 Å². The first-order valence-corrected chi connectivity index (χ1v) is 11.0. The molecule has 1 aliphatic heterocycles. The van der Waals surface area contributed by atoms with E-state index in [9.17, 15) is 9.59 Å². The van der Waals surface area contributed by atoms with Gasteiger partial charge in [-0.3, -0.25) is 9.36 Å². The number of ether oxygens (including phenoxy) is 1. The molecule has 0 unspecified atom stereocenters. The van der Waals surface area contributed by atoms with Crippen molar-refractivity contribution in [2.45, 2.75) is 13.0 Å². The minimum atomic E-state index is -0.535. The summed E-state index contributed by atoms with van der Waals surface area (Å²) in [5, 5.41) is 1.93. The summed E-state index contributed by atoms with van der Waals surface area (Å²) in [5.74, 6) is -0.469. The number of anilines is 1. The van der Waals surface area contributed by atoms with Gasteiger partial charge in [0, 0.05) is 24.7 Å². The number of carbonyl (C=O) groups is 1. The molecule has 0 aliphatic carbocycles. The maximum Gasteiger partial charge on any atom is 0.338 e. The number of hydrogen-bond donors (Lipinski definition) is 0. The highest BCUT2D eigenvalue weighted by molar-refractivity contribution is 7.10. The summed E-state index contributed by atoms with van der Waals surface area (Å²) in [6, 6.07) is 11.3. The monoisotopic (exact) mass is 439 g/mol. The van der Waals surface area contributed by atoms with E-state index in [4.69, 9.17) is 4.74 Å². The van der Waals surface area contributed by atoms with Crippen molar-refractivity contribution in [3.05, 3.63) is 83.2 Å². The van der Waals surface area contributed by atoms with Crippen LogP contribution in [0.15, 0.2) is 62.8 Å². The molecule has 0 amide bonds. The second-order valence-corrected chi connectivity index (χ2v) is 9.06. The normalized spacial score (nSPS) is 16.3. The predicted octanol–water partition coefficient (Wildman–Crippen LogP) is 2.54. The SMILES string of the molecule is COC(=O)C1=C(C)N=c2s/c(=C/c3ccc(N(C)C)cc3)c(=O)n2[C@@H]1c1cccs1. The van der Waals surface area contributed by atoms with Gasteiger partial charge in [-0.2, -0.15) is 0 Å². The molecule has 0 spiro atoms. The highest BCUT2D eigenvalue weighted by Gasteiger charge is 2.33. The number of esters is 1. The number of hydrogen-bond acceptors (Lipinski definition) is 7. The molecule has 0 saturated carbocycles. The van der Waals surface area contributed by atoms with Gasteiger partial charge < -0.3 is 9.64 Å². The smallest absolute Gasteiger partial charge is 0.338 e. The van der Waals surface area contributed by atoms with Crippen molar-refractivity contribution in [1.82, 2.24) is 4.57 Å². The van der Waals surface area contributed by atoms with Gasteiger partial charge in [-0.1, -0.05) is 29.5 Å². The van der Waals surface area contributed by atoms with Crippen molar-refractivity contribution in [2.75, 3.05) is 26.1 Å². The first-order valence-electron chi connectivity index (χ1n) is 9.32. The Morgan fingerprint density at radius 1 is 1.23 bits per heavy atom. The molecule has 6 nitrogen and oxygen atoms in total. The van der Waals surface area contributed by atoms with Crippen LogP contribution >= 0.6 is 22.7 Å². The third-order valence-electron chi connectivity index (χ3n) is 4.95. The van der Waals surface area contributed by atoms with E-state index in [0.717, 1.165) is 16.1 Å². The zero-order chi connectivity index (χ0) is 21.4. The number of carbonyl (C=O) groups excluding carboxylic acids is 1. The summed E-state index contributed by atoms with van der Waals surface area (Å²) in [5.41, 5.74) is 2.83. The molecule has 0 N–H and O–H groups in total. The molecular weight excluding hydrogens is 418 g/mol. The second-order valence-electron chi connectivity index (χ2n) is 7.07. The first-order chi connectivity index (χ1) is 14.4. The molecule has 1 atom stereocenters. The lowest BCUT2D eigenvalue weighted by atomic mass is 10.0. The highest BCUT2D eigenvalue weighted by Crippen LogP contribution is 2.32. The molecule has 0 saturated heterocycles. The number of aromatic nitrogens is 1. The number of thiophene rings is 1. The van der Waals surface area contributed by atoms with E-state index in [1.807, 2.05) is 66.8 Å². The van der Waals surface area contributed by atoms with Crippen LogP contribution in [-0.2, 0) is 9.53 Å². The molecule has 8 heteroatoms. The number of allylic oxidation sites excluding steroid dienone is 1. The van der Waals surface area contributed by atoms with Crippen LogP contribution in [0, 0.1) is 0 Å². The van der Waals surface area contributed by atoms with Gasteiger partial charge in [0.2, 0.25) is 0 Å². The minimum Gasteiger partial charge on any atom is -0.466 e. The maximum absolute atomic E-state index is 13.4. The molecule has 3 aromatic rings. The Labute approximate surface area is 181 Å². The Hall–Kier alpha value is -2.97. The van der Waals surface area contributed by atoms with E-state index < -0.39 is 12.0 Å². The lowest BCUT2D eigenvalue weighted by Gasteiger charge is -2.22. The number of nitrogens with zero attached hydrogens (tertiary/aromatic N) is 3. The van der Waals surface area contributed by atoms with Gasteiger partial charge in [-0.25, -0.2) is 9.79 Å². The fourth-order valence-corrected chi connectivity index (χ4v) is 5.30. The fraction of sp³-hybridized carbons (Fsp3) is 0.227. The Morgan fingerprint density at radius 2 is 1.97 bits per heavy atom. The zero-order valence-electron chi connectivity index (χ0n) is 17.1. The van der Waals surface area contributed by atoms with Crippen LogP contribution in [0.5, 0.6) is 0 Å². The molecule has 4 rings (SSSR count). The maximum atomic E-state index is 13.4. The summed E-state index contributed by atoms with van der Waals surface area (Å²) in [4.78, 5) is 34.0. The van der Waals surface area contributed by atoms with Gasteiger partial charge in [-0.05, 0) is 42.1 Å². The third-order valence-corrected chi connectivity index (χ3v) is 6.85. The quantitative estimate of drug-likeness (QED) is 0.586. The molecule has 1 aromatic carbocycles. The standard InChI is InChI=1S/C22H21N3O3S2/c1-13-18(21(27)28-4)19(16-6-5-11-29-16)25-20(26)17(30-22(25)23-13)12-14-7-9-15(10-8-14)24(2)3/h5-12,19H,1-4H3/b17-12+/t19-/m1/s1. The Bertz CT molecular complexity index is 1300. The van der Waals surface area contributed by atoms with E-state index in [1.54, 1.807) is 11.5 Å². The second kappa shape index (κ2) is 8.04. The highest BCUT2D eigenvalue weighted by atomic mass is 32.1. The van der Waals surface area contributed by atoms with Gasteiger partial charge in [0.25, 0.3) is 5.56 Å². The van der Waals surface area contributed by atoms with Crippen LogP contribution in [0.25, 0.3) is 6.08 Å². The predicted molar refractivity (Wildman–Crippen MR) is 121 cm³/mol. The fourth-order valence-electron chi connectivity index (χ4n) is 3.43. The van der Waals surface area contributed by atoms with Crippen LogP contribution < -0.4 is 19.8 Å². The summed E-state index contributed by atoms with van der Waals surface area (Å²) in [6.45, 7) is 1.78. The zero-order valence-corrected chi connectivity index (χ0v) is 18.7. The van der Waals surface area contributed by atoms with Crippen molar-refractivity contribution >= 4 is 40.4 Å². The average molecular weight is 440 g/mol. The van der Waals surface area contributed by atoms with Gasteiger partial charge >= 0.3 is 5.97 Å². The largest absolute Gasteiger partial charge is 0.466 e. The number of methoxy groups -OCH3 is 1. The molecule has 0 bridgehead atoms. The number of benzene rings is 1. The van der Waals surface area contributed by atoms with Gasteiger partial charge in [0.1, 0.15) is 6.04 Å². The number of thiazole rings is 1. The van der Waals surface area contributed by atoms with Crippen molar-refractivity contribution in [3.8, 4) is 0 Å². The Kier molecular flexibility index (Phi) is 5.44. The molecular formula is C22H21N3O3S2. The van der Waals surface area contributed by atoms with Crippen molar-refractivity contribution in [1.29, 1.82) is 0 Å². The average Bonchev–Trinajstić information content (AvgIpc) is 3.36. The van der Waals surface area contributed by atoms with Crippen LogP contribution in [-0.4, -0.2) is 31.7 Å². The molecule has 0 radical (unpaired) electrons. The minimum absolute atomic E-state index is 0.164. The van der Waals surface area contributed by atoms with Crippen LogP contribution in [0.4, 0.5) is 5.69 Å². The van der Waals surface area contributed by atoms with E-state index in [-0.39, 0.29) is 5.56 Å². The Balaban J connectivity index is 1.89. The topological polar surface area (TPSA) is 63.9 Å². The number of rotatable bonds is 4. The number of fused-ring (bicyclic) bond motifs is 1. The van der Waals surface area contributed by atoms with Gasteiger partial charge in [0.15, 0.2) is 4.80 Å². The summed E-state index contributed by atoms with van der Waals surface area (Å²) in [7, 11) is 5.31. The van der Waals surface area contributed by atoms with Crippen LogP contribution in [0.3, 0.4) is 0 Å². The lowest BCUT2D eigenvalue weighted by molar-refractivity contribution is -0.136. The van der Waals surface area contributed by atoms with Crippen molar-refractivity contribution in [2.24, 2.45) is 4.99 Å². The van der Waals surface area contributed by atoms with E-state index in [2.05, 4.69) is 4.99 Å². The Morgan fingerprint density at radius 3 is 2.57 bits per heavy atom. The molecule has 0 fully saturated rings.